The minimum Gasteiger partial charge on any atom is -0.480 e. The van der Waals surface area contributed by atoms with Crippen LogP contribution in [0, 0.1) is 5.92 Å². The lowest BCUT2D eigenvalue weighted by Gasteiger charge is -2.23. The minimum atomic E-state index is -1.02. The normalized spacial score (nSPS) is 10.5. The fourth-order valence-corrected chi connectivity index (χ4v) is 1.66. The second kappa shape index (κ2) is 6.77. The molecule has 0 bridgehead atoms. The molecule has 106 valence electrons. The maximum Gasteiger partial charge on any atom is 0.323 e. The average Bonchev–Trinajstić information content (AvgIpc) is 2.69. The number of carbonyl (C=O) groups is 2. The average molecular weight is 268 g/mol. The van der Waals surface area contributed by atoms with Gasteiger partial charge in [-0.15, -0.1) is 0 Å². The van der Waals surface area contributed by atoms with Crippen LogP contribution in [0.5, 0.6) is 0 Å². The zero-order valence-corrected chi connectivity index (χ0v) is 11.5. The maximum absolute atomic E-state index is 11.9. The molecule has 0 fully saturated rings. The SMILES string of the molecule is CC(C)CN(CC(=O)O)C(=O)NCc1nccn1C. The van der Waals surface area contributed by atoms with Gasteiger partial charge in [-0.2, -0.15) is 0 Å². The topological polar surface area (TPSA) is 87.5 Å². The molecule has 0 saturated carbocycles. The van der Waals surface area contributed by atoms with Crippen LogP contribution in [0.3, 0.4) is 0 Å². The van der Waals surface area contributed by atoms with Crippen molar-refractivity contribution in [3.8, 4) is 0 Å². The van der Waals surface area contributed by atoms with Crippen molar-refractivity contribution in [3.63, 3.8) is 0 Å². The Kier molecular flexibility index (Phi) is 5.35. The molecule has 0 aliphatic heterocycles. The molecule has 1 aromatic rings. The molecule has 19 heavy (non-hydrogen) atoms. The van der Waals surface area contributed by atoms with Crippen LogP contribution in [-0.4, -0.2) is 44.6 Å². The van der Waals surface area contributed by atoms with Gasteiger partial charge in [0.05, 0.1) is 6.54 Å². The Morgan fingerprint density at radius 1 is 1.53 bits per heavy atom. The van der Waals surface area contributed by atoms with Crippen molar-refractivity contribution in [2.45, 2.75) is 20.4 Å². The molecule has 0 atom stereocenters. The van der Waals surface area contributed by atoms with Gasteiger partial charge in [-0.05, 0) is 5.92 Å². The lowest BCUT2D eigenvalue weighted by Crippen LogP contribution is -2.44. The number of carboxylic acids is 1. The fraction of sp³-hybridized carbons (Fsp3) is 0.583. The standard InChI is InChI=1S/C12H20N4O3/c1-9(2)7-16(8-11(17)18)12(19)14-6-10-13-4-5-15(10)3/h4-5,9H,6-8H2,1-3H3,(H,14,19)(H,17,18). The van der Waals surface area contributed by atoms with Crippen molar-refractivity contribution in [2.75, 3.05) is 13.1 Å². The monoisotopic (exact) mass is 268 g/mol. The first kappa shape index (κ1) is 15.0. The molecule has 0 aliphatic rings. The van der Waals surface area contributed by atoms with Crippen molar-refractivity contribution in [1.29, 1.82) is 0 Å². The van der Waals surface area contributed by atoms with E-state index in [1.54, 1.807) is 17.0 Å². The number of hydrogen-bond donors (Lipinski definition) is 2. The van der Waals surface area contributed by atoms with E-state index < -0.39 is 5.97 Å². The van der Waals surface area contributed by atoms with Gasteiger partial charge in [0.2, 0.25) is 0 Å². The number of nitrogens with zero attached hydrogens (tertiary/aromatic N) is 3. The summed E-state index contributed by atoms with van der Waals surface area (Å²) < 4.78 is 1.80. The minimum absolute atomic E-state index is 0.207. The van der Waals surface area contributed by atoms with Gasteiger partial charge >= 0.3 is 12.0 Å². The first-order chi connectivity index (χ1) is 8.90. The van der Waals surface area contributed by atoms with Crippen LogP contribution in [-0.2, 0) is 18.4 Å². The number of aromatic nitrogens is 2. The third-order valence-corrected chi connectivity index (χ3v) is 2.52. The summed E-state index contributed by atoms with van der Waals surface area (Å²) in [5, 5.41) is 11.5. The molecule has 0 saturated heterocycles. The molecule has 7 heteroatoms. The lowest BCUT2D eigenvalue weighted by atomic mass is 10.2. The maximum atomic E-state index is 11.9. The summed E-state index contributed by atoms with van der Waals surface area (Å²) in [5.41, 5.74) is 0. The molecular formula is C12H20N4O3. The highest BCUT2D eigenvalue weighted by Gasteiger charge is 2.17. The van der Waals surface area contributed by atoms with Crippen molar-refractivity contribution >= 4 is 12.0 Å². The van der Waals surface area contributed by atoms with Gasteiger partial charge in [0.1, 0.15) is 12.4 Å². The number of rotatable bonds is 6. The van der Waals surface area contributed by atoms with Crippen molar-refractivity contribution in [3.05, 3.63) is 18.2 Å². The number of carbonyl (C=O) groups excluding carboxylic acids is 1. The van der Waals surface area contributed by atoms with E-state index in [9.17, 15) is 9.59 Å². The number of hydrogen-bond acceptors (Lipinski definition) is 3. The molecule has 0 unspecified atom stereocenters. The molecule has 2 N–H and O–H groups in total. The second-order valence-corrected chi connectivity index (χ2v) is 4.78. The van der Waals surface area contributed by atoms with Crippen LogP contribution in [0.2, 0.25) is 0 Å². The molecule has 0 spiro atoms. The van der Waals surface area contributed by atoms with E-state index in [1.807, 2.05) is 20.9 Å². The number of imidazole rings is 1. The van der Waals surface area contributed by atoms with E-state index >= 15 is 0 Å². The summed E-state index contributed by atoms with van der Waals surface area (Å²) in [4.78, 5) is 28.0. The Morgan fingerprint density at radius 3 is 2.68 bits per heavy atom. The van der Waals surface area contributed by atoms with Gasteiger partial charge in [0, 0.05) is 26.0 Å². The molecular weight excluding hydrogens is 248 g/mol. The second-order valence-electron chi connectivity index (χ2n) is 4.78. The van der Waals surface area contributed by atoms with Crippen LogP contribution >= 0.6 is 0 Å². The summed E-state index contributed by atoms with van der Waals surface area (Å²) in [7, 11) is 1.83. The van der Waals surface area contributed by atoms with Crippen molar-refractivity contribution < 1.29 is 14.7 Å². The Labute approximate surface area is 112 Å². The Balaban J connectivity index is 2.56. The van der Waals surface area contributed by atoms with Crippen molar-refractivity contribution in [2.24, 2.45) is 13.0 Å². The molecule has 1 heterocycles. The number of urea groups is 1. The summed E-state index contributed by atoms with van der Waals surface area (Å²) in [6.07, 6.45) is 3.43. The summed E-state index contributed by atoms with van der Waals surface area (Å²) >= 11 is 0. The molecule has 2 amide bonds. The van der Waals surface area contributed by atoms with Gasteiger partial charge in [-0.1, -0.05) is 13.8 Å². The zero-order valence-electron chi connectivity index (χ0n) is 11.5. The fourth-order valence-electron chi connectivity index (χ4n) is 1.66. The lowest BCUT2D eigenvalue weighted by molar-refractivity contribution is -0.137. The molecule has 0 aliphatic carbocycles. The predicted molar refractivity (Wildman–Crippen MR) is 69.5 cm³/mol. The molecule has 0 radical (unpaired) electrons. The Hall–Kier alpha value is -2.05. The van der Waals surface area contributed by atoms with Gasteiger partial charge in [0.15, 0.2) is 0 Å². The third-order valence-electron chi connectivity index (χ3n) is 2.52. The van der Waals surface area contributed by atoms with Crippen LogP contribution in [0.15, 0.2) is 12.4 Å². The molecule has 7 nitrogen and oxygen atoms in total. The molecule has 1 rings (SSSR count). The van der Waals surface area contributed by atoms with E-state index in [1.165, 1.54) is 4.90 Å². The van der Waals surface area contributed by atoms with Gasteiger partial charge in [0.25, 0.3) is 0 Å². The first-order valence-corrected chi connectivity index (χ1v) is 6.11. The van der Waals surface area contributed by atoms with Gasteiger partial charge in [-0.25, -0.2) is 9.78 Å². The largest absolute Gasteiger partial charge is 0.480 e. The number of aryl methyl sites for hydroxylation is 1. The number of carboxylic acid groups (broad SMARTS) is 1. The number of aliphatic carboxylic acids is 1. The molecule has 0 aromatic carbocycles. The summed E-state index contributed by atoms with van der Waals surface area (Å²) in [6.45, 7) is 4.24. The highest BCUT2D eigenvalue weighted by atomic mass is 16.4. The van der Waals surface area contributed by atoms with Crippen LogP contribution in [0.4, 0.5) is 4.79 Å². The Morgan fingerprint density at radius 2 is 2.21 bits per heavy atom. The van der Waals surface area contributed by atoms with Crippen LogP contribution in [0.1, 0.15) is 19.7 Å². The van der Waals surface area contributed by atoms with E-state index in [-0.39, 0.29) is 25.0 Å². The quantitative estimate of drug-likeness (QED) is 0.794. The van der Waals surface area contributed by atoms with Crippen LogP contribution < -0.4 is 5.32 Å². The zero-order chi connectivity index (χ0) is 14.4. The van der Waals surface area contributed by atoms with E-state index in [4.69, 9.17) is 5.11 Å². The smallest absolute Gasteiger partial charge is 0.323 e. The first-order valence-electron chi connectivity index (χ1n) is 6.11. The van der Waals surface area contributed by atoms with E-state index in [2.05, 4.69) is 10.3 Å². The highest BCUT2D eigenvalue weighted by molar-refractivity contribution is 5.80. The number of amides is 2. The highest BCUT2D eigenvalue weighted by Crippen LogP contribution is 2.00. The third kappa shape index (κ3) is 4.99. The predicted octanol–water partition coefficient (Wildman–Crippen LogP) is 0.672. The van der Waals surface area contributed by atoms with E-state index in [0.717, 1.165) is 0 Å². The number of nitrogens with one attached hydrogen (secondary N) is 1. The summed E-state index contributed by atoms with van der Waals surface area (Å²) in [5.74, 6) is -0.0979. The summed E-state index contributed by atoms with van der Waals surface area (Å²) in [6, 6.07) is -0.390. The van der Waals surface area contributed by atoms with E-state index in [0.29, 0.717) is 12.4 Å². The Bertz CT molecular complexity index is 442. The van der Waals surface area contributed by atoms with Crippen molar-refractivity contribution in [1.82, 2.24) is 19.8 Å². The van der Waals surface area contributed by atoms with Gasteiger partial charge in [-0.3, -0.25) is 4.79 Å². The molecule has 1 aromatic heterocycles. The van der Waals surface area contributed by atoms with Gasteiger partial charge < -0.3 is 19.9 Å². The van der Waals surface area contributed by atoms with Crippen LogP contribution in [0.25, 0.3) is 0 Å².